The molecule has 0 aromatic heterocycles. The molecule has 3 atom stereocenters. The van der Waals surface area contributed by atoms with E-state index in [4.69, 9.17) is 0 Å². The molecule has 0 aliphatic carbocycles. The van der Waals surface area contributed by atoms with Crippen LogP contribution < -0.4 is 4.90 Å². The first-order chi connectivity index (χ1) is 30.1. The zero-order valence-electron chi connectivity index (χ0n) is 36.3. The van der Waals surface area contributed by atoms with E-state index >= 15 is 0 Å². The van der Waals surface area contributed by atoms with Gasteiger partial charge in [-0.1, -0.05) is 69.4 Å². The molecule has 5 N–H and O–H groups in total. The van der Waals surface area contributed by atoms with E-state index in [0.717, 1.165) is 36.6 Å². The van der Waals surface area contributed by atoms with Crippen LogP contribution in [0.1, 0.15) is 109 Å². The minimum absolute atomic E-state index is 0.00833. The van der Waals surface area contributed by atoms with E-state index in [2.05, 4.69) is 62.7 Å². The Bertz CT molecular complexity index is 2720. The molecule has 16 nitrogen and oxygen atoms in total. The molecule has 65 heavy (non-hydrogen) atoms. The number of unbranched alkanes of at least 4 members (excludes halogenated alkanes) is 4. The number of allylic oxidation sites excluding steroid dienone is 8. The number of fused-ring (bicyclic) bond motifs is 2. The number of hydrogen-bond acceptors (Lipinski definition) is 10. The molecular formula is C43H57I2N2O14S4+. The first kappa shape index (κ1) is 55.0. The molecule has 0 radical (unpaired) electrons. The van der Waals surface area contributed by atoms with Gasteiger partial charge in [0.1, 0.15) is 6.54 Å². The minimum atomic E-state index is -4.76. The van der Waals surface area contributed by atoms with Crippen LogP contribution in [0.15, 0.2) is 83.5 Å². The molecule has 22 heteroatoms. The second-order valence-electron chi connectivity index (χ2n) is 16.6. The Morgan fingerprint density at radius 1 is 0.769 bits per heavy atom. The average molecular weight is 1210 g/mol. The molecule has 0 fully saturated rings. The van der Waals surface area contributed by atoms with Crippen LogP contribution in [0, 0.1) is 7.14 Å². The van der Waals surface area contributed by atoms with Crippen LogP contribution in [-0.2, 0) is 56.1 Å². The van der Waals surface area contributed by atoms with Crippen molar-refractivity contribution in [3.63, 3.8) is 0 Å². The first-order valence-corrected chi connectivity index (χ1v) is 29.3. The lowest BCUT2D eigenvalue weighted by atomic mass is 9.75. The maximum Gasteiger partial charge on any atom is 0.303 e. The lowest BCUT2D eigenvalue weighted by molar-refractivity contribution is -0.437. The van der Waals surface area contributed by atoms with Crippen molar-refractivity contribution in [3.8, 4) is 0 Å². The summed E-state index contributed by atoms with van der Waals surface area (Å²) in [7, 11) is -18.0. The highest BCUT2D eigenvalue weighted by molar-refractivity contribution is 14.1. The Kier molecular flexibility index (Phi) is 19.2. The van der Waals surface area contributed by atoms with Gasteiger partial charge < -0.3 is 10.0 Å². The van der Waals surface area contributed by atoms with Gasteiger partial charge >= 0.3 is 5.97 Å². The minimum Gasteiger partial charge on any atom is -0.481 e. The van der Waals surface area contributed by atoms with Crippen LogP contribution in [0.5, 0.6) is 0 Å². The van der Waals surface area contributed by atoms with Gasteiger partial charge in [-0.15, -0.1) is 0 Å². The number of hydrogen-bond donors (Lipinski definition) is 5. The highest BCUT2D eigenvalue weighted by atomic mass is 127. The highest BCUT2D eigenvalue weighted by Crippen LogP contribution is 2.53. The summed E-state index contributed by atoms with van der Waals surface area (Å²) in [6.45, 7) is 5.99. The van der Waals surface area contributed by atoms with E-state index in [-0.39, 0.29) is 50.8 Å². The highest BCUT2D eigenvalue weighted by Gasteiger charge is 2.50. The van der Waals surface area contributed by atoms with Gasteiger partial charge in [-0.05, 0) is 127 Å². The maximum absolute atomic E-state index is 13.1. The number of aliphatic carboxylic acids is 1. The zero-order chi connectivity index (χ0) is 48.6. The van der Waals surface area contributed by atoms with Crippen LogP contribution in [0.2, 0.25) is 0 Å². The first-order valence-electron chi connectivity index (χ1n) is 21.0. The van der Waals surface area contributed by atoms with Crippen LogP contribution in [0.4, 0.5) is 11.4 Å². The molecule has 0 saturated heterocycles. The number of carboxylic acids is 1. The topological polar surface area (TPSA) is 261 Å². The fourth-order valence-electron chi connectivity index (χ4n) is 8.72. The number of carbonyl (C=O) groups is 1. The third-order valence-corrected chi connectivity index (χ3v) is 16.8. The molecule has 4 rings (SSSR count). The molecule has 0 bridgehead atoms. The summed E-state index contributed by atoms with van der Waals surface area (Å²) in [5.41, 5.74) is 2.08. The molecular weight excluding hydrogens is 1150 g/mol. The lowest BCUT2D eigenvalue weighted by Crippen LogP contribution is -2.41. The Hall–Kier alpha value is -2.56. The molecule has 2 heterocycles. The van der Waals surface area contributed by atoms with E-state index < -0.39 is 79.0 Å². The summed E-state index contributed by atoms with van der Waals surface area (Å²) in [5.74, 6) is -1.83. The van der Waals surface area contributed by atoms with E-state index in [1.165, 1.54) is 17.0 Å². The van der Waals surface area contributed by atoms with Gasteiger partial charge in [0, 0.05) is 48.9 Å². The van der Waals surface area contributed by atoms with Gasteiger partial charge in [0.2, 0.25) is 5.69 Å². The number of anilines is 1. The largest absolute Gasteiger partial charge is 0.481 e. The third-order valence-electron chi connectivity index (χ3n) is 11.7. The normalized spacial score (nSPS) is 20.5. The van der Waals surface area contributed by atoms with E-state index in [1.54, 1.807) is 37.3 Å². The van der Waals surface area contributed by atoms with Crippen LogP contribution in [-0.4, -0.2) is 96.7 Å². The van der Waals surface area contributed by atoms with Crippen molar-refractivity contribution in [1.29, 1.82) is 0 Å². The smallest absolute Gasteiger partial charge is 0.303 e. The molecule has 360 valence electrons. The summed E-state index contributed by atoms with van der Waals surface area (Å²) in [6, 6.07) is 7.84. The van der Waals surface area contributed by atoms with Gasteiger partial charge in [0.15, 0.2) is 11.1 Å². The molecule has 3 unspecified atom stereocenters. The fourth-order valence-corrected chi connectivity index (χ4v) is 13.7. The van der Waals surface area contributed by atoms with E-state index in [1.807, 2.05) is 25.1 Å². The number of halogens is 2. The summed E-state index contributed by atoms with van der Waals surface area (Å²) in [6.07, 6.45) is 16.4. The van der Waals surface area contributed by atoms with Gasteiger partial charge in [-0.2, -0.15) is 38.2 Å². The van der Waals surface area contributed by atoms with Crippen molar-refractivity contribution in [2.24, 2.45) is 0 Å². The van der Waals surface area contributed by atoms with E-state index in [9.17, 15) is 61.8 Å². The second-order valence-corrected chi connectivity index (χ2v) is 25.2. The van der Waals surface area contributed by atoms with Gasteiger partial charge in [-0.25, -0.2) is 0 Å². The summed E-state index contributed by atoms with van der Waals surface area (Å²) >= 11 is 4.54. The molecule has 0 saturated carbocycles. The van der Waals surface area contributed by atoms with E-state index in [0.29, 0.717) is 43.4 Å². The summed E-state index contributed by atoms with van der Waals surface area (Å²) in [5, 5.41) is 7.70. The number of rotatable bonds is 25. The number of carboxylic acid groups (broad SMARTS) is 1. The van der Waals surface area contributed by atoms with Gasteiger partial charge in [0.05, 0.1) is 27.4 Å². The van der Waals surface area contributed by atoms with Crippen LogP contribution >= 0.6 is 45.2 Å². The summed E-state index contributed by atoms with van der Waals surface area (Å²) < 4.78 is 141. The predicted octanol–water partition coefficient (Wildman–Crippen LogP) is 8.60. The SMILES string of the molecule is CCCCC(N1\C(=C/C=C/C=C/C=C/C2=[N+](CCCS(=O)(=O)O)c3cc(I)cc(I)c3C2(C)CCCCCC(=O)O)C(C)(CCCCS(=O)(=O)O)c2cc(S(=O)(=O)O)ccc21)S(=O)(=O)O. The fraction of sp³-hybridized carbons (Fsp3) is 0.488. The molecule has 2 aliphatic heterocycles. The van der Waals surface area contributed by atoms with Gasteiger partial charge in [-0.3, -0.25) is 23.0 Å². The Labute approximate surface area is 410 Å². The van der Waals surface area contributed by atoms with Crippen molar-refractivity contribution in [1.82, 2.24) is 0 Å². The quantitative estimate of drug-likeness (QED) is 0.0205. The molecule has 0 amide bonds. The molecule has 2 aromatic rings. The predicted molar refractivity (Wildman–Crippen MR) is 267 cm³/mol. The van der Waals surface area contributed by atoms with Crippen molar-refractivity contribution in [2.45, 2.75) is 119 Å². The molecule has 2 aliphatic rings. The zero-order valence-corrected chi connectivity index (χ0v) is 43.9. The molecule has 2 aromatic carbocycles. The van der Waals surface area contributed by atoms with Crippen molar-refractivity contribution >= 4 is 109 Å². The Morgan fingerprint density at radius 2 is 1.38 bits per heavy atom. The standard InChI is InChI=1S/C43H56I2N2O14S4/c1-4-5-19-39(65(59,60)61)47-35-22-21-32(64(56,57)58)30-33(35)42(2,23-14-15-26-62(50,51)52)38(47)18-11-8-6-7-10-17-37-43(3,24-13-9-12-20-40(48)49)41-34(45)28-31(44)29-36(41)46(37)25-16-27-63(53,54)55/h6-8,10-11,17-18,21-22,28-30,39H,4-5,9,12-16,19-20,23-27H2,1-3H3,(H4-,48,49,50,51,52,53,54,55,56,57,58,59,60,61)/p+1. The second kappa shape index (κ2) is 22.7. The third kappa shape index (κ3) is 14.7. The van der Waals surface area contributed by atoms with Gasteiger partial charge in [0.25, 0.3) is 40.5 Å². The number of benzene rings is 2. The van der Waals surface area contributed by atoms with Crippen molar-refractivity contribution < 1.29 is 66.4 Å². The number of nitrogens with zero attached hydrogens (tertiary/aromatic N) is 2. The summed E-state index contributed by atoms with van der Waals surface area (Å²) in [4.78, 5) is 12.2. The average Bonchev–Trinajstić information content (AvgIpc) is 3.54. The molecule has 0 spiro atoms. The lowest BCUT2D eigenvalue weighted by Gasteiger charge is -2.34. The Morgan fingerprint density at radius 3 is 2.00 bits per heavy atom. The van der Waals surface area contributed by atoms with Crippen molar-refractivity contribution in [3.05, 3.63) is 96.8 Å². The van der Waals surface area contributed by atoms with Crippen LogP contribution in [0.3, 0.4) is 0 Å². The maximum atomic E-state index is 13.1. The van der Waals surface area contributed by atoms with Crippen LogP contribution in [0.25, 0.3) is 0 Å². The van der Waals surface area contributed by atoms with Crippen molar-refractivity contribution in [2.75, 3.05) is 23.0 Å². The monoisotopic (exact) mass is 1210 g/mol. The Balaban J connectivity index is 1.80.